The van der Waals surface area contributed by atoms with Crippen molar-refractivity contribution < 1.29 is 9.53 Å². The number of carbonyl (C=O) groups is 1. The van der Waals surface area contributed by atoms with Crippen LogP contribution in [-0.4, -0.2) is 13.0 Å². The molecular weight excluding hydrogens is 332 g/mol. The summed E-state index contributed by atoms with van der Waals surface area (Å²) in [5.74, 6) is 0.269. The lowest BCUT2D eigenvalue weighted by atomic mass is 10.1. The summed E-state index contributed by atoms with van der Waals surface area (Å²) in [6, 6.07) is 12.8. The van der Waals surface area contributed by atoms with Crippen LogP contribution in [0, 0.1) is 0 Å². The lowest BCUT2D eigenvalue weighted by Gasteiger charge is -2.17. The normalized spacial score (nSPS) is 11.8. The molecule has 1 amide bonds. The van der Waals surface area contributed by atoms with Gasteiger partial charge in [0, 0.05) is 4.47 Å². The molecule has 0 heterocycles. The van der Waals surface area contributed by atoms with E-state index < -0.39 is 0 Å². The van der Waals surface area contributed by atoms with E-state index in [1.807, 2.05) is 31.2 Å². The van der Waals surface area contributed by atoms with Crippen LogP contribution in [0.4, 0.5) is 5.69 Å². The quantitative estimate of drug-likeness (QED) is 0.830. The Labute approximate surface area is 132 Å². The summed E-state index contributed by atoms with van der Waals surface area (Å²) in [6.45, 7) is 1.92. The summed E-state index contributed by atoms with van der Waals surface area (Å²) in [4.78, 5) is 12.4. The van der Waals surface area contributed by atoms with E-state index in [1.54, 1.807) is 18.2 Å². The second-order valence-corrected chi connectivity index (χ2v) is 5.49. The van der Waals surface area contributed by atoms with Crippen molar-refractivity contribution in [2.45, 2.75) is 13.0 Å². The van der Waals surface area contributed by atoms with E-state index in [0.29, 0.717) is 17.0 Å². The number of halogens is 1. The third-order valence-electron chi connectivity index (χ3n) is 3.25. The number of rotatable bonds is 4. The summed E-state index contributed by atoms with van der Waals surface area (Å²) in [5, 5.41) is 2.94. The lowest BCUT2D eigenvalue weighted by molar-refractivity contribution is 0.0940. The first kappa shape index (κ1) is 15.4. The Morgan fingerprint density at radius 3 is 2.62 bits per heavy atom. The molecule has 2 aromatic rings. The smallest absolute Gasteiger partial charge is 0.253 e. The van der Waals surface area contributed by atoms with Gasteiger partial charge in [0.15, 0.2) is 0 Å². The van der Waals surface area contributed by atoms with Crippen molar-refractivity contribution in [2.24, 2.45) is 0 Å². The van der Waals surface area contributed by atoms with Crippen LogP contribution < -0.4 is 15.8 Å². The highest BCUT2D eigenvalue weighted by Crippen LogP contribution is 2.26. The number of carbonyl (C=O) groups excluding carboxylic acids is 1. The molecule has 0 spiro atoms. The molecule has 3 N–H and O–H groups in total. The third-order valence-corrected chi connectivity index (χ3v) is 3.97. The van der Waals surface area contributed by atoms with Gasteiger partial charge in [-0.1, -0.05) is 40.2 Å². The molecule has 0 aromatic heterocycles. The fraction of sp³-hybridized carbons (Fsp3) is 0.188. The maximum absolute atomic E-state index is 12.4. The third kappa shape index (κ3) is 3.36. The molecule has 0 bridgehead atoms. The Morgan fingerprint density at radius 2 is 1.95 bits per heavy atom. The first-order valence-electron chi connectivity index (χ1n) is 6.52. The maximum atomic E-state index is 12.4. The number of nitrogen functional groups attached to an aromatic ring is 1. The van der Waals surface area contributed by atoms with Crippen molar-refractivity contribution in [3.05, 3.63) is 58.1 Å². The molecule has 21 heavy (non-hydrogen) atoms. The largest absolute Gasteiger partial charge is 0.495 e. The van der Waals surface area contributed by atoms with Crippen LogP contribution in [0.5, 0.6) is 5.75 Å². The first-order chi connectivity index (χ1) is 10.0. The van der Waals surface area contributed by atoms with Gasteiger partial charge >= 0.3 is 0 Å². The van der Waals surface area contributed by atoms with E-state index in [1.165, 1.54) is 7.11 Å². The number of anilines is 1. The molecule has 5 heteroatoms. The van der Waals surface area contributed by atoms with Crippen LogP contribution in [0.3, 0.4) is 0 Å². The molecule has 2 rings (SSSR count). The Hall–Kier alpha value is -2.01. The van der Waals surface area contributed by atoms with E-state index >= 15 is 0 Å². The standard InChI is InChI=1S/C16H17BrN2O2/c1-10(11-6-3-4-8-13(11)17)19-16(20)12-7-5-9-14(21-2)15(12)18/h3-10H,18H2,1-2H3,(H,19,20). The maximum Gasteiger partial charge on any atom is 0.253 e. The SMILES string of the molecule is COc1cccc(C(=O)NC(C)c2ccccc2Br)c1N. The number of hydrogen-bond acceptors (Lipinski definition) is 3. The Morgan fingerprint density at radius 1 is 1.24 bits per heavy atom. The topological polar surface area (TPSA) is 64.3 Å². The monoisotopic (exact) mass is 348 g/mol. The van der Waals surface area contributed by atoms with Gasteiger partial charge in [0.1, 0.15) is 5.75 Å². The van der Waals surface area contributed by atoms with Crippen molar-refractivity contribution in [1.29, 1.82) is 0 Å². The first-order valence-corrected chi connectivity index (χ1v) is 7.31. The molecule has 0 saturated heterocycles. The van der Waals surface area contributed by atoms with Crippen molar-refractivity contribution in [3.63, 3.8) is 0 Å². The Bertz CT molecular complexity index is 658. The van der Waals surface area contributed by atoms with Gasteiger partial charge in [-0.15, -0.1) is 0 Å². The molecular formula is C16H17BrN2O2. The summed E-state index contributed by atoms with van der Waals surface area (Å²) in [5.41, 5.74) is 7.71. The minimum absolute atomic E-state index is 0.140. The molecule has 0 fully saturated rings. The van der Waals surface area contributed by atoms with Gasteiger partial charge in [-0.3, -0.25) is 4.79 Å². The van der Waals surface area contributed by atoms with Gasteiger partial charge in [0.05, 0.1) is 24.4 Å². The van der Waals surface area contributed by atoms with Gasteiger partial charge in [0.2, 0.25) is 0 Å². The highest BCUT2D eigenvalue weighted by molar-refractivity contribution is 9.10. The van der Waals surface area contributed by atoms with Crippen molar-refractivity contribution in [1.82, 2.24) is 5.32 Å². The number of methoxy groups -OCH3 is 1. The van der Waals surface area contributed by atoms with Crippen LogP contribution >= 0.6 is 15.9 Å². The lowest BCUT2D eigenvalue weighted by Crippen LogP contribution is -2.27. The predicted molar refractivity (Wildman–Crippen MR) is 87.4 cm³/mol. The number of para-hydroxylation sites is 1. The Kier molecular flexibility index (Phi) is 4.85. The molecule has 0 aliphatic heterocycles. The number of nitrogens with two attached hydrogens (primary N) is 1. The van der Waals surface area contributed by atoms with Crippen molar-refractivity contribution >= 4 is 27.5 Å². The van der Waals surface area contributed by atoms with Gasteiger partial charge in [0.25, 0.3) is 5.91 Å². The van der Waals surface area contributed by atoms with Gasteiger partial charge < -0.3 is 15.8 Å². The zero-order chi connectivity index (χ0) is 15.4. The van der Waals surface area contributed by atoms with Crippen LogP contribution in [0.15, 0.2) is 46.9 Å². The average Bonchev–Trinajstić information content (AvgIpc) is 2.47. The molecule has 2 aromatic carbocycles. The highest BCUT2D eigenvalue weighted by Gasteiger charge is 2.17. The number of amides is 1. The van der Waals surface area contributed by atoms with E-state index in [0.717, 1.165) is 10.0 Å². The van der Waals surface area contributed by atoms with Gasteiger partial charge in [-0.25, -0.2) is 0 Å². The molecule has 0 radical (unpaired) electrons. The van der Waals surface area contributed by atoms with Crippen LogP contribution in [0.25, 0.3) is 0 Å². The average molecular weight is 349 g/mol. The fourth-order valence-corrected chi connectivity index (χ4v) is 2.73. The summed E-state index contributed by atoms with van der Waals surface area (Å²) in [6.07, 6.45) is 0. The van der Waals surface area contributed by atoms with Crippen LogP contribution in [-0.2, 0) is 0 Å². The molecule has 1 unspecified atom stereocenters. The highest BCUT2D eigenvalue weighted by atomic mass is 79.9. The van der Waals surface area contributed by atoms with E-state index in [2.05, 4.69) is 21.2 Å². The van der Waals surface area contributed by atoms with Crippen molar-refractivity contribution in [2.75, 3.05) is 12.8 Å². The fourth-order valence-electron chi connectivity index (χ4n) is 2.10. The second kappa shape index (κ2) is 6.63. The minimum Gasteiger partial charge on any atom is -0.495 e. The molecule has 0 saturated carbocycles. The number of hydrogen-bond donors (Lipinski definition) is 2. The molecule has 110 valence electrons. The van der Waals surface area contributed by atoms with E-state index in [4.69, 9.17) is 10.5 Å². The number of nitrogens with one attached hydrogen (secondary N) is 1. The van der Waals surface area contributed by atoms with Crippen molar-refractivity contribution in [3.8, 4) is 5.75 Å². The predicted octanol–water partition coefficient (Wildman–Crippen LogP) is 3.53. The summed E-state index contributed by atoms with van der Waals surface area (Å²) in [7, 11) is 1.52. The molecule has 1 atom stereocenters. The van der Waals surface area contributed by atoms with Gasteiger partial charge in [-0.05, 0) is 30.7 Å². The van der Waals surface area contributed by atoms with Gasteiger partial charge in [-0.2, -0.15) is 0 Å². The van der Waals surface area contributed by atoms with E-state index in [9.17, 15) is 4.79 Å². The molecule has 0 aliphatic carbocycles. The Balaban J connectivity index is 2.21. The van der Waals surface area contributed by atoms with E-state index in [-0.39, 0.29) is 11.9 Å². The zero-order valence-corrected chi connectivity index (χ0v) is 13.5. The summed E-state index contributed by atoms with van der Waals surface area (Å²) < 4.78 is 6.09. The minimum atomic E-state index is -0.227. The van der Waals surface area contributed by atoms with Crippen LogP contribution in [0.2, 0.25) is 0 Å². The summed E-state index contributed by atoms with van der Waals surface area (Å²) >= 11 is 3.48. The number of benzene rings is 2. The molecule has 0 aliphatic rings. The molecule has 4 nitrogen and oxygen atoms in total. The second-order valence-electron chi connectivity index (χ2n) is 4.64. The number of ether oxygens (including phenoxy) is 1. The van der Waals surface area contributed by atoms with Crippen LogP contribution in [0.1, 0.15) is 28.9 Å². The zero-order valence-electron chi connectivity index (χ0n) is 11.9.